The van der Waals surface area contributed by atoms with Crippen LogP contribution in [0.25, 0.3) is 0 Å². The van der Waals surface area contributed by atoms with E-state index in [-0.39, 0.29) is 30.2 Å². The fourth-order valence-electron chi connectivity index (χ4n) is 3.58. The molecule has 0 bridgehead atoms. The van der Waals surface area contributed by atoms with Gasteiger partial charge < -0.3 is 20.3 Å². The lowest BCUT2D eigenvalue weighted by Gasteiger charge is -2.31. The largest absolute Gasteiger partial charge is 0.466 e. The van der Waals surface area contributed by atoms with Gasteiger partial charge >= 0.3 is 5.97 Å². The number of amides is 2. The second-order valence-corrected chi connectivity index (χ2v) is 7.66. The van der Waals surface area contributed by atoms with Crippen LogP contribution in [0.15, 0.2) is 48.5 Å². The highest BCUT2D eigenvalue weighted by Gasteiger charge is 2.27. The van der Waals surface area contributed by atoms with Crippen molar-refractivity contribution in [1.82, 2.24) is 4.90 Å². The summed E-state index contributed by atoms with van der Waals surface area (Å²) in [6, 6.07) is 14.7. The van der Waals surface area contributed by atoms with E-state index in [9.17, 15) is 14.4 Å². The Labute approximate surface area is 182 Å². The van der Waals surface area contributed by atoms with Crippen LogP contribution in [-0.4, -0.2) is 48.9 Å². The third-order valence-corrected chi connectivity index (χ3v) is 5.33. The first-order valence-corrected chi connectivity index (χ1v) is 10.6. The van der Waals surface area contributed by atoms with Gasteiger partial charge in [0.1, 0.15) is 0 Å². The summed E-state index contributed by atoms with van der Waals surface area (Å²) >= 11 is 0. The molecule has 1 heterocycles. The van der Waals surface area contributed by atoms with Gasteiger partial charge in [0.05, 0.1) is 19.1 Å². The van der Waals surface area contributed by atoms with Gasteiger partial charge in [-0.2, -0.15) is 0 Å². The van der Waals surface area contributed by atoms with Gasteiger partial charge in [-0.3, -0.25) is 14.4 Å². The van der Waals surface area contributed by atoms with Gasteiger partial charge in [0.25, 0.3) is 5.91 Å². The Kier molecular flexibility index (Phi) is 7.65. The molecule has 0 aliphatic carbocycles. The van der Waals surface area contributed by atoms with Crippen molar-refractivity contribution in [1.29, 1.82) is 0 Å². The smallest absolute Gasteiger partial charge is 0.309 e. The molecule has 2 amide bonds. The van der Waals surface area contributed by atoms with Crippen LogP contribution in [0.2, 0.25) is 0 Å². The molecule has 31 heavy (non-hydrogen) atoms. The summed E-state index contributed by atoms with van der Waals surface area (Å²) < 4.78 is 5.07. The maximum atomic E-state index is 12.5. The molecular formula is C24H29N3O4. The molecule has 1 fully saturated rings. The zero-order valence-corrected chi connectivity index (χ0v) is 18.0. The second kappa shape index (κ2) is 10.6. The van der Waals surface area contributed by atoms with Crippen molar-refractivity contribution in [3.63, 3.8) is 0 Å². The first-order chi connectivity index (χ1) is 15.0. The molecule has 0 radical (unpaired) electrons. The zero-order valence-electron chi connectivity index (χ0n) is 18.0. The number of anilines is 2. The summed E-state index contributed by atoms with van der Waals surface area (Å²) in [6.07, 6.45) is 1.28. The third-order valence-electron chi connectivity index (χ3n) is 5.33. The normalized spacial score (nSPS) is 14.1. The van der Waals surface area contributed by atoms with Crippen molar-refractivity contribution in [2.24, 2.45) is 5.92 Å². The van der Waals surface area contributed by atoms with Crippen molar-refractivity contribution < 1.29 is 19.1 Å². The molecular weight excluding hydrogens is 394 g/mol. The molecule has 7 nitrogen and oxygen atoms in total. The Morgan fingerprint density at radius 3 is 2.35 bits per heavy atom. The minimum Gasteiger partial charge on any atom is -0.466 e. The number of carbonyl (C=O) groups is 3. The summed E-state index contributed by atoms with van der Waals surface area (Å²) in [5.74, 6) is -0.438. The Hall–Kier alpha value is -3.35. The topological polar surface area (TPSA) is 87.7 Å². The van der Waals surface area contributed by atoms with Crippen molar-refractivity contribution in [2.75, 3.05) is 36.9 Å². The number of nitrogens with zero attached hydrogens (tertiary/aromatic N) is 1. The molecule has 0 aromatic heterocycles. The Morgan fingerprint density at radius 1 is 1.03 bits per heavy atom. The van der Waals surface area contributed by atoms with Crippen LogP contribution in [0.1, 0.15) is 35.7 Å². The Bertz CT molecular complexity index is 919. The maximum Gasteiger partial charge on any atom is 0.309 e. The van der Waals surface area contributed by atoms with E-state index >= 15 is 0 Å². The molecule has 1 saturated heterocycles. The van der Waals surface area contributed by atoms with Crippen LogP contribution in [0.3, 0.4) is 0 Å². The summed E-state index contributed by atoms with van der Waals surface area (Å²) in [6.45, 7) is 5.44. The van der Waals surface area contributed by atoms with Crippen LogP contribution in [0, 0.1) is 12.8 Å². The number of benzene rings is 2. The van der Waals surface area contributed by atoms with Crippen molar-refractivity contribution in [3.8, 4) is 0 Å². The number of hydrogen-bond acceptors (Lipinski definition) is 5. The number of aryl methyl sites for hydroxylation is 1. The Morgan fingerprint density at radius 2 is 1.71 bits per heavy atom. The van der Waals surface area contributed by atoms with E-state index in [0.29, 0.717) is 43.8 Å². The van der Waals surface area contributed by atoms with E-state index < -0.39 is 0 Å². The molecule has 2 N–H and O–H groups in total. The lowest BCUT2D eigenvalue weighted by Crippen LogP contribution is -2.43. The highest BCUT2D eigenvalue weighted by Crippen LogP contribution is 2.19. The molecule has 1 aliphatic rings. The van der Waals surface area contributed by atoms with Gasteiger partial charge in [0.15, 0.2) is 0 Å². The third kappa shape index (κ3) is 6.31. The molecule has 2 aromatic rings. The van der Waals surface area contributed by atoms with Crippen LogP contribution in [0.5, 0.6) is 0 Å². The van der Waals surface area contributed by atoms with Crippen molar-refractivity contribution in [2.45, 2.75) is 26.7 Å². The fraction of sp³-hybridized carbons (Fsp3) is 0.375. The average Bonchev–Trinajstić information content (AvgIpc) is 2.78. The molecule has 1 aliphatic heterocycles. The SMILES string of the molecule is CCOC(=O)C1CCN(C(=O)CNc2ccc(NC(=O)c3cccc(C)c3)cc2)CC1. The number of likely N-dealkylation sites (tertiary alicyclic amines) is 1. The average molecular weight is 424 g/mol. The summed E-state index contributed by atoms with van der Waals surface area (Å²) in [5.41, 5.74) is 3.12. The lowest BCUT2D eigenvalue weighted by atomic mass is 9.97. The van der Waals surface area contributed by atoms with E-state index in [0.717, 1.165) is 11.3 Å². The minimum atomic E-state index is -0.165. The predicted molar refractivity (Wildman–Crippen MR) is 120 cm³/mol. The maximum absolute atomic E-state index is 12.5. The molecule has 164 valence electrons. The van der Waals surface area contributed by atoms with Gasteiger partial charge in [-0.1, -0.05) is 17.7 Å². The molecule has 3 rings (SSSR count). The highest BCUT2D eigenvalue weighted by atomic mass is 16.5. The Balaban J connectivity index is 1.44. The van der Waals surface area contributed by atoms with Crippen LogP contribution in [0.4, 0.5) is 11.4 Å². The van der Waals surface area contributed by atoms with E-state index in [1.165, 1.54) is 0 Å². The number of rotatable bonds is 7. The standard InChI is InChI=1S/C24H29N3O4/c1-3-31-24(30)18-11-13-27(14-12-18)22(28)16-25-20-7-9-21(10-8-20)26-23(29)19-6-4-5-17(2)15-19/h4-10,15,18,25H,3,11-14,16H2,1-2H3,(H,26,29). The van der Waals surface area contributed by atoms with E-state index in [4.69, 9.17) is 4.74 Å². The van der Waals surface area contributed by atoms with Crippen molar-refractivity contribution >= 4 is 29.2 Å². The first-order valence-electron chi connectivity index (χ1n) is 10.6. The quantitative estimate of drug-likeness (QED) is 0.666. The minimum absolute atomic E-state index is 0.000800. The van der Waals surface area contributed by atoms with Gasteiger partial charge in [0, 0.05) is 30.0 Å². The molecule has 7 heteroatoms. The van der Waals surface area contributed by atoms with Gasteiger partial charge in [0.2, 0.25) is 5.91 Å². The summed E-state index contributed by atoms with van der Waals surface area (Å²) in [5, 5.41) is 5.99. The zero-order chi connectivity index (χ0) is 22.2. The number of nitrogens with one attached hydrogen (secondary N) is 2. The number of ether oxygens (including phenoxy) is 1. The summed E-state index contributed by atoms with van der Waals surface area (Å²) in [7, 11) is 0. The van der Waals surface area contributed by atoms with E-state index in [2.05, 4.69) is 10.6 Å². The monoisotopic (exact) mass is 423 g/mol. The predicted octanol–water partition coefficient (Wildman–Crippen LogP) is 3.46. The number of esters is 1. The van der Waals surface area contributed by atoms with Gasteiger partial charge in [-0.25, -0.2) is 0 Å². The molecule has 0 saturated carbocycles. The second-order valence-electron chi connectivity index (χ2n) is 7.66. The van der Waals surface area contributed by atoms with Gasteiger partial charge in [-0.05, 0) is 63.1 Å². The molecule has 0 spiro atoms. The number of carbonyl (C=O) groups excluding carboxylic acids is 3. The van der Waals surface area contributed by atoms with E-state index in [1.807, 2.05) is 37.3 Å². The van der Waals surface area contributed by atoms with Gasteiger partial charge in [-0.15, -0.1) is 0 Å². The first kappa shape index (κ1) is 22.3. The molecule has 0 unspecified atom stereocenters. The van der Waals surface area contributed by atoms with Crippen LogP contribution >= 0.6 is 0 Å². The van der Waals surface area contributed by atoms with Crippen LogP contribution in [-0.2, 0) is 14.3 Å². The lowest BCUT2D eigenvalue weighted by molar-refractivity contribution is -0.151. The van der Waals surface area contributed by atoms with E-state index in [1.54, 1.807) is 30.0 Å². The number of hydrogen-bond donors (Lipinski definition) is 2. The number of piperidine rings is 1. The molecule has 0 atom stereocenters. The fourth-order valence-corrected chi connectivity index (χ4v) is 3.58. The molecule has 2 aromatic carbocycles. The van der Waals surface area contributed by atoms with Crippen LogP contribution < -0.4 is 10.6 Å². The highest BCUT2D eigenvalue weighted by molar-refractivity contribution is 6.04. The van der Waals surface area contributed by atoms with Crippen molar-refractivity contribution in [3.05, 3.63) is 59.7 Å². The summed E-state index contributed by atoms with van der Waals surface area (Å²) in [4.78, 5) is 38.4.